The van der Waals surface area contributed by atoms with E-state index in [0.717, 1.165) is 5.69 Å². The van der Waals surface area contributed by atoms with Crippen LogP contribution in [0.5, 0.6) is 0 Å². The fraction of sp³-hybridized carbons (Fsp3) is 0.143. The average molecular weight is 353 g/mol. The second kappa shape index (κ2) is 7.46. The van der Waals surface area contributed by atoms with Crippen molar-refractivity contribution in [3.05, 3.63) is 59.7 Å². The van der Waals surface area contributed by atoms with E-state index >= 15 is 0 Å². The van der Waals surface area contributed by atoms with Crippen molar-refractivity contribution >= 4 is 19.5 Å². The molecule has 0 aliphatic carbocycles. The third-order valence-corrected chi connectivity index (χ3v) is 2.95. The zero-order valence-corrected chi connectivity index (χ0v) is 12.2. The molecule has 0 unspecified atom stereocenters. The first-order chi connectivity index (χ1) is 10.5. The first-order valence-electron chi connectivity index (χ1n) is 5.97. The van der Waals surface area contributed by atoms with Crippen molar-refractivity contribution in [3.8, 4) is 0 Å². The molecule has 0 heterocycles. The summed E-state index contributed by atoms with van der Waals surface area (Å²) in [7, 11) is -0.895. The van der Waals surface area contributed by atoms with E-state index in [0.29, 0.717) is 12.1 Å². The number of para-hydroxylation sites is 1. The van der Waals surface area contributed by atoms with Crippen LogP contribution in [0.1, 0.15) is 11.1 Å². The molecular weight excluding hydrogens is 343 g/mol. The molecule has 2 aromatic rings. The maximum Gasteiger partial charge on any atom is 0.416 e. The lowest BCUT2D eigenvalue weighted by Crippen LogP contribution is -2.14. The zero-order valence-electron chi connectivity index (χ0n) is 11.3. The van der Waals surface area contributed by atoms with Crippen molar-refractivity contribution < 1.29 is 30.9 Å². The van der Waals surface area contributed by atoms with Crippen LogP contribution in [0, 0.1) is 0 Å². The van der Waals surface area contributed by atoms with Crippen molar-refractivity contribution in [2.24, 2.45) is 0 Å². The molecule has 0 amide bonds. The van der Waals surface area contributed by atoms with Gasteiger partial charge < -0.3 is 5.73 Å². The van der Waals surface area contributed by atoms with Crippen molar-refractivity contribution in [3.63, 3.8) is 0 Å². The van der Waals surface area contributed by atoms with Gasteiger partial charge in [0.2, 0.25) is 0 Å². The lowest BCUT2D eigenvalue weighted by atomic mass is 10.1. The number of anilines is 1. The third kappa shape index (κ3) is 6.28. The topological polar surface area (TPSA) is 43.1 Å². The molecule has 0 radical (unpaired) electrons. The first kappa shape index (κ1) is 19.0. The Morgan fingerprint density at radius 3 is 1.48 bits per heavy atom. The summed E-state index contributed by atoms with van der Waals surface area (Å²) < 4.78 is 83.5. The van der Waals surface area contributed by atoms with Crippen molar-refractivity contribution in [1.29, 1.82) is 0 Å². The molecule has 0 aromatic heterocycles. The first-order valence-corrected chi connectivity index (χ1v) is 6.78. The summed E-state index contributed by atoms with van der Waals surface area (Å²) in [6.45, 7) is 0. The van der Waals surface area contributed by atoms with Gasteiger partial charge in [-0.25, -0.2) is 0 Å². The highest BCUT2D eigenvalue weighted by Crippen LogP contribution is 2.35. The van der Waals surface area contributed by atoms with Gasteiger partial charge in [0, 0.05) is 11.0 Å². The predicted molar refractivity (Wildman–Crippen MR) is 74.5 cm³/mol. The fourth-order valence-corrected chi connectivity index (χ4v) is 1.83. The Morgan fingerprint density at radius 1 is 0.783 bits per heavy atom. The normalized spacial score (nSPS) is 11.7. The van der Waals surface area contributed by atoms with Gasteiger partial charge in [0.15, 0.2) is 8.46 Å². The molecule has 2 rings (SSSR count). The fourth-order valence-electron chi connectivity index (χ4n) is 1.44. The minimum absolute atomic E-state index is 0.0192. The van der Waals surface area contributed by atoms with E-state index in [1.54, 1.807) is 0 Å². The zero-order chi connectivity index (χ0) is 17.7. The summed E-state index contributed by atoms with van der Waals surface area (Å²) in [5.41, 5.74) is 3.24. The van der Waals surface area contributed by atoms with Crippen molar-refractivity contribution in [1.82, 2.24) is 0 Å². The minimum Gasteiger partial charge on any atom is -0.399 e. The summed E-state index contributed by atoms with van der Waals surface area (Å²) in [6, 6.07) is 10.3. The Bertz CT molecular complexity index is 622. The molecule has 0 spiro atoms. The van der Waals surface area contributed by atoms with Crippen LogP contribution in [-0.2, 0) is 16.9 Å². The van der Waals surface area contributed by atoms with Gasteiger partial charge in [0.05, 0.1) is 11.1 Å². The molecule has 9 heteroatoms. The summed E-state index contributed by atoms with van der Waals surface area (Å²) in [5, 5.41) is -0.567. The van der Waals surface area contributed by atoms with Crippen LogP contribution in [0.25, 0.3) is 0 Å². The molecule has 2 N–H and O–H groups in total. The summed E-state index contributed by atoms with van der Waals surface area (Å²) in [6.07, 6.45) is -9.80. The van der Waals surface area contributed by atoms with E-state index in [1.165, 1.54) is 0 Å². The molecule has 23 heavy (non-hydrogen) atoms. The average Bonchev–Trinajstić information content (AvgIpc) is 2.46. The van der Waals surface area contributed by atoms with Gasteiger partial charge in [-0.2, -0.15) is 26.3 Å². The Hall–Kier alpha value is -2.08. The molecule has 0 atom stereocenters. The third-order valence-electron chi connectivity index (χ3n) is 2.48. The molecule has 0 aliphatic heterocycles. The lowest BCUT2D eigenvalue weighted by molar-refractivity contribution is -0.142. The number of alkyl halides is 6. The van der Waals surface area contributed by atoms with Crippen molar-refractivity contribution in [2.45, 2.75) is 12.4 Å². The van der Waals surface area contributed by atoms with Gasteiger partial charge in [-0.1, -0.05) is 18.2 Å². The van der Waals surface area contributed by atoms with E-state index in [1.807, 2.05) is 30.3 Å². The maximum atomic E-state index is 12.2. The van der Waals surface area contributed by atoms with Crippen molar-refractivity contribution in [2.75, 3.05) is 5.73 Å². The Morgan fingerprint density at radius 2 is 1.22 bits per heavy atom. The molecular formula is C14H10F6NOP. The smallest absolute Gasteiger partial charge is 0.399 e. The van der Waals surface area contributed by atoms with Crippen LogP contribution < -0.4 is 11.0 Å². The van der Waals surface area contributed by atoms with Crippen LogP contribution in [-0.4, -0.2) is 0 Å². The molecule has 0 saturated heterocycles. The van der Waals surface area contributed by atoms with Gasteiger partial charge in [0.1, 0.15) is 0 Å². The highest BCUT2D eigenvalue weighted by atomic mass is 31.1. The number of hydrogen-bond donors (Lipinski definition) is 1. The highest BCUT2D eigenvalue weighted by molar-refractivity contribution is 7.34. The summed E-state index contributed by atoms with van der Waals surface area (Å²) in [4.78, 5) is 0. The summed E-state index contributed by atoms with van der Waals surface area (Å²) >= 11 is 0. The molecule has 0 aliphatic rings. The van der Waals surface area contributed by atoms with Crippen LogP contribution in [0.2, 0.25) is 0 Å². The molecule has 2 nitrogen and oxygen atoms in total. The summed E-state index contributed by atoms with van der Waals surface area (Å²) in [5.74, 6) is 0. The Balaban J connectivity index is 0.000000313. The van der Waals surface area contributed by atoms with Crippen LogP contribution in [0.3, 0.4) is 0 Å². The Labute approximate surface area is 129 Å². The second-order valence-corrected chi connectivity index (χ2v) is 4.97. The maximum absolute atomic E-state index is 12.2. The SMILES string of the molecule is Nc1ccccc1.O=Pc1cc(C(F)(F)F)cc(C(F)(F)F)c1. The van der Waals surface area contributed by atoms with Gasteiger partial charge in [-0.05, 0) is 30.3 Å². The molecule has 2 aromatic carbocycles. The van der Waals surface area contributed by atoms with E-state index in [2.05, 4.69) is 0 Å². The van der Waals surface area contributed by atoms with Gasteiger partial charge >= 0.3 is 12.4 Å². The van der Waals surface area contributed by atoms with Crippen LogP contribution >= 0.6 is 8.46 Å². The van der Waals surface area contributed by atoms with E-state index in [9.17, 15) is 30.9 Å². The monoisotopic (exact) mass is 353 g/mol. The lowest BCUT2D eigenvalue weighted by Gasteiger charge is -2.11. The molecule has 0 bridgehead atoms. The number of halogens is 6. The number of nitrogens with two attached hydrogens (primary N) is 1. The van der Waals surface area contributed by atoms with E-state index in [4.69, 9.17) is 5.73 Å². The molecule has 0 fully saturated rings. The minimum atomic E-state index is -4.90. The molecule has 0 saturated carbocycles. The van der Waals surface area contributed by atoms with E-state index in [-0.39, 0.29) is 6.07 Å². The number of rotatable bonds is 1. The second-order valence-electron chi connectivity index (χ2n) is 4.27. The number of nitrogen functional groups attached to an aromatic ring is 1. The highest BCUT2D eigenvalue weighted by Gasteiger charge is 2.36. The molecule has 124 valence electrons. The van der Waals surface area contributed by atoms with Gasteiger partial charge in [-0.3, -0.25) is 4.57 Å². The standard InChI is InChI=1S/C8H3F6OP.C6H7N/c9-7(10,11)4-1-5(8(12,13)14)3-6(2-4)16-15;7-6-4-2-1-3-5-6/h1-3H;1-5H,7H2. The van der Waals surface area contributed by atoms with Gasteiger partial charge in [0.25, 0.3) is 0 Å². The Kier molecular flexibility index (Phi) is 6.15. The van der Waals surface area contributed by atoms with Crippen LogP contribution in [0.15, 0.2) is 48.5 Å². The van der Waals surface area contributed by atoms with Gasteiger partial charge in [-0.15, -0.1) is 0 Å². The van der Waals surface area contributed by atoms with Crippen LogP contribution in [0.4, 0.5) is 32.0 Å². The largest absolute Gasteiger partial charge is 0.416 e. The number of hydrogen-bond acceptors (Lipinski definition) is 2. The quantitative estimate of drug-likeness (QED) is 0.450. The predicted octanol–water partition coefficient (Wildman–Crippen LogP) is 4.91. The number of benzene rings is 2. The van der Waals surface area contributed by atoms with E-state index < -0.39 is 37.2 Å².